The number of nitrogen functional groups attached to an aromatic ring is 1. The number of nitrogens with one attached hydrogen (secondary N) is 1. The highest BCUT2D eigenvalue weighted by atomic mass is 15.1. The average molecular weight is 242 g/mol. The number of para-hydroxylation sites is 2. The number of nitrogens with zero attached hydrogens (tertiary/aromatic N) is 2. The Bertz CT molecular complexity index is 549. The highest BCUT2D eigenvalue weighted by Crippen LogP contribution is 2.28. The Hall–Kier alpha value is -2.23. The average Bonchev–Trinajstić information content (AvgIpc) is 2.33. The minimum atomic E-state index is 0.656. The van der Waals surface area contributed by atoms with Crippen LogP contribution < -0.4 is 16.0 Å². The zero-order chi connectivity index (χ0) is 13.1. The van der Waals surface area contributed by atoms with Crippen LogP contribution in [0.4, 0.5) is 22.9 Å². The van der Waals surface area contributed by atoms with E-state index in [4.69, 9.17) is 5.73 Å². The number of rotatable bonds is 3. The van der Waals surface area contributed by atoms with Gasteiger partial charge in [-0.05, 0) is 30.7 Å². The maximum atomic E-state index is 5.96. The monoisotopic (exact) mass is 242 g/mol. The minimum Gasteiger partial charge on any atom is -0.396 e. The molecular formula is C14H18N4. The Labute approximate surface area is 107 Å². The molecule has 1 aromatic heterocycles. The van der Waals surface area contributed by atoms with Crippen molar-refractivity contribution in [2.45, 2.75) is 6.92 Å². The first kappa shape index (κ1) is 12.2. The van der Waals surface area contributed by atoms with Gasteiger partial charge in [-0.2, -0.15) is 0 Å². The standard InChI is InChI=1S/C14H18N4/c1-10-8-11(15)14(16-9-10)17-12-6-4-5-7-13(12)18(2)3/h4-9H,15H2,1-3H3,(H,16,17). The Kier molecular flexibility index (Phi) is 3.37. The van der Waals surface area contributed by atoms with E-state index in [-0.39, 0.29) is 0 Å². The lowest BCUT2D eigenvalue weighted by atomic mass is 10.2. The molecule has 0 atom stereocenters. The summed E-state index contributed by atoms with van der Waals surface area (Å²) >= 11 is 0. The molecule has 3 N–H and O–H groups in total. The summed E-state index contributed by atoms with van der Waals surface area (Å²) in [4.78, 5) is 6.37. The molecule has 0 unspecified atom stereocenters. The molecule has 0 aliphatic rings. The van der Waals surface area contributed by atoms with Crippen LogP contribution in [0.5, 0.6) is 0 Å². The van der Waals surface area contributed by atoms with Gasteiger partial charge in [0.2, 0.25) is 0 Å². The van der Waals surface area contributed by atoms with Gasteiger partial charge in [-0.1, -0.05) is 12.1 Å². The predicted octanol–water partition coefficient (Wildman–Crippen LogP) is 2.78. The van der Waals surface area contributed by atoms with Gasteiger partial charge in [0.05, 0.1) is 17.1 Å². The summed E-state index contributed by atoms with van der Waals surface area (Å²) in [7, 11) is 4.01. The van der Waals surface area contributed by atoms with Crippen molar-refractivity contribution in [1.82, 2.24) is 4.98 Å². The van der Waals surface area contributed by atoms with Gasteiger partial charge in [-0.25, -0.2) is 4.98 Å². The topological polar surface area (TPSA) is 54.2 Å². The maximum absolute atomic E-state index is 5.96. The highest BCUT2D eigenvalue weighted by Gasteiger charge is 2.06. The minimum absolute atomic E-state index is 0.656. The van der Waals surface area contributed by atoms with Crippen LogP contribution in [-0.2, 0) is 0 Å². The Morgan fingerprint density at radius 2 is 1.94 bits per heavy atom. The molecule has 2 aromatic rings. The third-order valence-electron chi connectivity index (χ3n) is 2.69. The fourth-order valence-electron chi connectivity index (χ4n) is 1.79. The second-order valence-corrected chi connectivity index (χ2v) is 4.49. The van der Waals surface area contributed by atoms with Gasteiger partial charge < -0.3 is 16.0 Å². The molecule has 0 saturated heterocycles. The summed E-state index contributed by atoms with van der Waals surface area (Å²) in [5, 5.41) is 3.27. The van der Waals surface area contributed by atoms with Gasteiger partial charge in [0, 0.05) is 20.3 Å². The van der Waals surface area contributed by atoms with E-state index in [1.165, 1.54) is 0 Å². The van der Waals surface area contributed by atoms with Crippen LogP contribution in [0.15, 0.2) is 36.5 Å². The summed E-state index contributed by atoms with van der Waals surface area (Å²) in [6.07, 6.45) is 1.80. The second-order valence-electron chi connectivity index (χ2n) is 4.49. The molecule has 18 heavy (non-hydrogen) atoms. The summed E-state index contributed by atoms with van der Waals surface area (Å²) in [6, 6.07) is 9.96. The van der Waals surface area contributed by atoms with Gasteiger partial charge in [0.25, 0.3) is 0 Å². The van der Waals surface area contributed by atoms with Gasteiger partial charge in [-0.15, -0.1) is 0 Å². The lowest BCUT2D eigenvalue weighted by molar-refractivity contribution is 1.13. The quantitative estimate of drug-likeness (QED) is 0.869. The van der Waals surface area contributed by atoms with E-state index in [9.17, 15) is 0 Å². The van der Waals surface area contributed by atoms with Crippen molar-refractivity contribution in [2.75, 3.05) is 30.0 Å². The summed E-state index contributed by atoms with van der Waals surface area (Å²) in [5.41, 5.74) is 9.76. The maximum Gasteiger partial charge on any atom is 0.153 e. The van der Waals surface area contributed by atoms with Crippen molar-refractivity contribution < 1.29 is 0 Å². The first-order chi connectivity index (χ1) is 8.58. The Balaban J connectivity index is 2.34. The van der Waals surface area contributed by atoms with E-state index in [1.54, 1.807) is 6.20 Å². The third-order valence-corrected chi connectivity index (χ3v) is 2.69. The number of nitrogens with two attached hydrogens (primary N) is 1. The molecule has 4 heteroatoms. The number of pyridine rings is 1. The lowest BCUT2D eigenvalue weighted by Gasteiger charge is -2.18. The number of hydrogen-bond acceptors (Lipinski definition) is 4. The molecule has 0 aliphatic carbocycles. The molecular weight excluding hydrogens is 224 g/mol. The summed E-state index contributed by atoms with van der Waals surface area (Å²) in [5.74, 6) is 0.690. The van der Waals surface area contributed by atoms with E-state index in [2.05, 4.69) is 10.3 Å². The third kappa shape index (κ3) is 2.53. The van der Waals surface area contributed by atoms with Crippen molar-refractivity contribution in [3.8, 4) is 0 Å². The molecule has 0 bridgehead atoms. The van der Waals surface area contributed by atoms with Gasteiger partial charge in [-0.3, -0.25) is 0 Å². The van der Waals surface area contributed by atoms with Crippen LogP contribution in [0.3, 0.4) is 0 Å². The molecule has 1 heterocycles. The number of aromatic nitrogens is 1. The molecule has 94 valence electrons. The smallest absolute Gasteiger partial charge is 0.153 e. The first-order valence-electron chi connectivity index (χ1n) is 5.83. The molecule has 0 spiro atoms. The number of benzene rings is 1. The predicted molar refractivity (Wildman–Crippen MR) is 77.4 cm³/mol. The number of anilines is 4. The van der Waals surface area contributed by atoms with Crippen LogP contribution >= 0.6 is 0 Å². The SMILES string of the molecule is Cc1cnc(Nc2ccccc2N(C)C)c(N)c1. The van der Waals surface area contributed by atoms with Gasteiger partial charge in [0.15, 0.2) is 5.82 Å². The molecule has 4 nitrogen and oxygen atoms in total. The van der Waals surface area contributed by atoms with Crippen molar-refractivity contribution in [2.24, 2.45) is 0 Å². The summed E-state index contributed by atoms with van der Waals surface area (Å²) < 4.78 is 0. The highest BCUT2D eigenvalue weighted by molar-refractivity contribution is 5.77. The van der Waals surface area contributed by atoms with Crippen molar-refractivity contribution in [3.05, 3.63) is 42.1 Å². The zero-order valence-electron chi connectivity index (χ0n) is 10.9. The zero-order valence-corrected chi connectivity index (χ0v) is 10.9. The van der Waals surface area contributed by atoms with Crippen LogP contribution in [-0.4, -0.2) is 19.1 Å². The van der Waals surface area contributed by atoms with E-state index in [0.717, 1.165) is 16.9 Å². The van der Waals surface area contributed by atoms with Crippen molar-refractivity contribution in [3.63, 3.8) is 0 Å². The fourth-order valence-corrected chi connectivity index (χ4v) is 1.79. The van der Waals surface area contributed by atoms with Crippen LogP contribution in [0.25, 0.3) is 0 Å². The van der Waals surface area contributed by atoms with Gasteiger partial charge >= 0.3 is 0 Å². The number of aryl methyl sites for hydroxylation is 1. The summed E-state index contributed by atoms with van der Waals surface area (Å²) in [6.45, 7) is 1.97. The second kappa shape index (κ2) is 4.96. The Morgan fingerprint density at radius 3 is 2.61 bits per heavy atom. The molecule has 0 radical (unpaired) electrons. The van der Waals surface area contributed by atoms with Crippen molar-refractivity contribution in [1.29, 1.82) is 0 Å². The largest absolute Gasteiger partial charge is 0.396 e. The van der Waals surface area contributed by atoms with Crippen molar-refractivity contribution >= 4 is 22.9 Å². The van der Waals surface area contributed by atoms with E-state index in [0.29, 0.717) is 11.5 Å². The number of hydrogen-bond donors (Lipinski definition) is 2. The molecule has 1 aromatic carbocycles. The molecule has 0 saturated carbocycles. The van der Waals surface area contributed by atoms with E-state index in [1.807, 2.05) is 56.3 Å². The molecule has 2 rings (SSSR count). The first-order valence-corrected chi connectivity index (χ1v) is 5.83. The lowest BCUT2D eigenvalue weighted by Crippen LogP contribution is -2.11. The van der Waals surface area contributed by atoms with Crippen LogP contribution in [0, 0.1) is 6.92 Å². The fraction of sp³-hybridized carbons (Fsp3) is 0.214. The van der Waals surface area contributed by atoms with E-state index >= 15 is 0 Å². The molecule has 0 fully saturated rings. The molecule has 0 amide bonds. The van der Waals surface area contributed by atoms with Gasteiger partial charge in [0.1, 0.15) is 0 Å². The molecule has 0 aliphatic heterocycles. The Morgan fingerprint density at radius 1 is 1.22 bits per heavy atom. The van der Waals surface area contributed by atoms with Crippen LogP contribution in [0.1, 0.15) is 5.56 Å². The normalized spacial score (nSPS) is 10.2. The van der Waals surface area contributed by atoms with E-state index < -0.39 is 0 Å². The van der Waals surface area contributed by atoms with Crippen LogP contribution in [0.2, 0.25) is 0 Å².